The number of nitrogens with zero attached hydrogens (tertiary/aromatic N) is 2. The number of halogens is 1. The number of ether oxygens (including phenoxy) is 2. The molecule has 2 rings (SSSR count). The molecule has 0 amide bonds. The monoisotopic (exact) mass is 342 g/mol. The summed E-state index contributed by atoms with van der Waals surface area (Å²) in [4.78, 5) is 8.14. The summed E-state index contributed by atoms with van der Waals surface area (Å²) < 4.78 is 11.6. The maximum Gasteiger partial charge on any atom is 0.325 e. The van der Waals surface area contributed by atoms with Gasteiger partial charge in [-0.1, -0.05) is 6.07 Å². The number of methoxy groups -OCH3 is 1. The number of benzene rings is 1. The highest BCUT2D eigenvalue weighted by Crippen LogP contribution is 2.26. The molecule has 0 aliphatic carbocycles. The molecule has 0 unspecified atom stereocenters. The lowest BCUT2D eigenvalue weighted by Gasteiger charge is -2.07. The number of aromatic nitrogens is 2. The van der Waals surface area contributed by atoms with E-state index in [1.165, 1.54) is 0 Å². The quantitative estimate of drug-likeness (QED) is 0.804. The molecule has 1 aromatic carbocycles. The Hall–Kier alpha value is -1.37. The molecule has 0 saturated carbocycles. The van der Waals surface area contributed by atoms with E-state index in [0.29, 0.717) is 5.88 Å². The minimum Gasteiger partial charge on any atom is -0.481 e. The van der Waals surface area contributed by atoms with Gasteiger partial charge in [-0.3, -0.25) is 0 Å². The van der Waals surface area contributed by atoms with Crippen LogP contribution in [0.1, 0.15) is 5.56 Å². The van der Waals surface area contributed by atoms with Crippen LogP contribution in [0.2, 0.25) is 0 Å². The molecular formula is C12H11IN2O2. The van der Waals surface area contributed by atoms with Crippen molar-refractivity contribution < 1.29 is 9.47 Å². The Kier molecular flexibility index (Phi) is 3.78. The summed E-state index contributed by atoms with van der Waals surface area (Å²) in [6.07, 6.45) is 1.60. The van der Waals surface area contributed by atoms with Gasteiger partial charge in [0.15, 0.2) is 0 Å². The summed E-state index contributed by atoms with van der Waals surface area (Å²) in [5.41, 5.74) is 1.13. The van der Waals surface area contributed by atoms with E-state index in [-0.39, 0.29) is 6.01 Å². The topological polar surface area (TPSA) is 44.2 Å². The normalized spacial score (nSPS) is 10.1. The summed E-state index contributed by atoms with van der Waals surface area (Å²) >= 11 is 2.21. The van der Waals surface area contributed by atoms with Crippen LogP contribution in [-0.4, -0.2) is 17.1 Å². The van der Waals surface area contributed by atoms with Crippen molar-refractivity contribution in [2.75, 3.05) is 7.11 Å². The third-order valence-corrected chi connectivity index (χ3v) is 3.00. The number of hydrogen-bond donors (Lipinski definition) is 0. The molecule has 88 valence electrons. The fourth-order valence-corrected chi connectivity index (χ4v) is 1.72. The summed E-state index contributed by atoms with van der Waals surface area (Å²) in [5.74, 6) is 1.23. The summed E-state index contributed by atoms with van der Waals surface area (Å²) in [6, 6.07) is 7.93. The molecule has 0 fully saturated rings. The molecule has 1 aromatic heterocycles. The molecule has 0 aliphatic heterocycles. The minimum absolute atomic E-state index is 0.285. The Bertz CT molecular complexity index is 532. The molecule has 0 radical (unpaired) electrons. The average molecular weight is 342 g/mol. The molecule has 0 atom stereocenters. The SMILES string of the molecule is COc1ccnc(Oc2cc(C)ccc2I)n1. The average Bonchev–Trinajstić information content (AvgIpc) is 2.34. The summed E-state index contributed by atoms with van der Waals surface area (Å²) in [7, 11) is 1.56. The van der Waals surface area contributed by atoms with Gasteiger partial charge < -0.3 is 9.47 Å². The highest BCUT2D eigenvalue weighted by Gasteiger charge is 2.06. The van der Waals surface area contributed by atoms with Crippen molar-refractivity contribution in [1.82, 2.24) is 9.97 Å². The Morgan fingerprint density at radius 3 is 2.82 bits per heavy atom. The lowest BCUT2D eigenvalue weighted by atomic mass is 10.2. The maximum absolute atomic E-state index is 5.62. The van der Waals surface area contributed by atoms with Crippen molar-refractivity contribution in [2.24, 2.45) is 0 Å². The second-order valence-electron chi connectivity index (χ2n) is 3.42. The second-order valence-corrected chi connectivity index (χ2v) is 4.58. The van der Waals surface area contributed by atoms with Crippen LogP contribution in [0.4, 0.5) is 0 Å². The highest BCUT2D eigenvalue weighted by molar-refractivity contribution is 14.1. The molecule has 0 N–H and O–H groups in total. The van der Waals surface area contributed by atoms with Crippen LogP contribution in [-0.2, 0) is 0 Å². The lowest BCUT2D eigenvalue weighted by molar-refractivity contribution is 0.375. The van der Waals surface area contributed by atoms with Crippen LogP contribution in [0.3, 0.4) is 0 Å². The molecule has 4 nitrogen and oxygen atoms in total. The molecule has 17 heavy (non-hydrogen) atoms. The van der Waals surface area contributed by atoms with Gasteiger partial charge in [0.1, 0.15) is 5.75 Å². The van der Waals surface area contributed by atoms with Crippen molar-refractivity contribution >= 4 is 22.6 Å². The Labute approximate surface area is 113 Å². The molecule has 0 saturated heterocycles. The number of rotatable bonds is 3. The van der Waals surface area contributed by atoms with Gasteiger partial charge in [-0.25, -0.2) is 4.98 Å². The first-order valence-electron chi connectivity index (χ1n) is 5.00. The van der Waals surface area contributed by atoms with E-state index in [1.807, 2.05) is 25.1 Å². The van der Waals surface area contributed by atoms with E-state index in [1.54, 1.807) is 19.4 Å². The highest BCUT2D eigenvalue weighted by atomic mass is 127. The Morgan fingerprint density at radius 1 is 1.24 bits per heavy atom. The van der Waals surface area contributed by atoms with E-state index in [4.69, 9.17) is 9.47 Å². The lowest BCUT2D eigenvalue weighted by Crippen LogP contribution is -1.95. The number of aryl methyl sites for hydroxylation is 1. The van der Waals surface area contributed by atoms with Crippen LogP contribution >= 0.6 is 22.6 Å². The van der Waals surface area contributed by atoms with Crippen molar-refractivity contribution in [3.05, 3.63) is 39.6 Å². The van der Waals surface area contributed by atoms with Gasteiger partial charge >= 0.3 is 6.01 Å². The third-order valence-electron chi connectivity index (χ3n) is 2.11. The van der Waals surface area contributed by atoms with Gasteiger partial charge in [-0.05, 0) is 47.2 Å². The zero-order valence-corrected chi connectivity index (χ0v) is 11.6. The largest absolute Gasteiger partial charge is 0.481 e. The van der Waals surface area contributed by atoms with Crippen molar-refractivity contribution in [3.63, 3.8) is 0 Å². The van der Waals surface area contributed by atoms with Crippen LogP contribution in [0, 0.1) is 10.5 Å². The van der Waals surface area contributed by atoms with Crippen molar-refractivity contribution in [1.29, 1.82) is 0 Å². The van der Waals surface area contributed by atoms with Crippen molar-refractivity contribution in [3.8, 4) is 17.6 Å². The van der Waals surface area contributed by atoms with Gasteiger partial charge in [0.25, 0.3) is 0 Å². The fourth-order valence-electron chi connectivity index (χ4n) is 1.28. The van der Waals surface area contributed by atoms with Crippen LogP contribution in [0.5, 0.6) is 17.6 Å². The zero-order valence-electron chi connectivity index (χ0n) is 9.48. The van der Waals surface area contributed by atoms with Crippen molar-refractivity contribution in [2.45, 2.75) is 6.92 Å². The molecule has 1 heterocycles. The first kappa shape index (κ1) is 12.1. The van der Waals surface area contributed by atoms with Crippen LogP contribution in [0.15, 0.2) is 30.5 Å². The fraction of sp³-hybridized carbons (Fsp3) is 0.167. The molecule has 0 spiro atoms. The molecule has 0 bridgehead atoms. The zero-order chi connectivity index (χ0) is 12.3. The van der Waals surface area contributed by atoms with Gasteiger partial charge in [0.2, 0.25) is 5.88 Å². The van der Waals surface area contributed by atoms with E-state index in [9.17, 15) is 0 Å². The van der Waals surface area contributed by atoms with Crippen LogP contribution in [0.25, 0.3) is 0 Å². The van der Waals surface area contributed by atoms with E-state index in [2.05, 4.69) is 32.6 Å². The first-order chi connectivity index (χ1) is 8.19. The van der Waals surface area contributed by atoms with E-state index in [0.717, 1.165) is 14.9 Å². The minimum atomic E-state index is 0.285. The molecule has 5 heteroatoms. The second kappa shape index (κ2) is 5.31. The van der Waals surface area contributed by atoms with Gasteiger partial charge in [-0.15, -0.1) is 0 Å². The Morgan fingerprint density at radius 2 is 2.06 bits per heavy atom. The maximum atomic E-state index is 5.62. The third kappa shape index (κ3) is 3.06. The van der Waals surface area contributed by atoms with Crippen LogP contribution < -0.4 is 9.47 Å². The van der Waals surface area contributed by atoms with Gasteiger partial charge in [-0.2, -0.15) is 4.98 Å². The number of hydrogen-bond acceptors (Lipinski definition) is 4. The first-order valence-corrected chi connectivity index (χ1v) is 6.08. The van der Waals surface area contributed by atoms with Gasteiger partial charge in [0, 0.05) is 12.3 Å². The molecular weight excluding hydrogens is 331 g/mol. The summed E-state index contributed by atoms with van der Waals surface area (Å²) in [5, 5.41) is 0. The predicted octanol–water partition coefficient (Wildman–Crippen LogP) is 3.19. The predicted molar refractivity (Wildman–Crippen MR) is 72.6 cm³/mol. The molecule has 2 aromatic rings. The molecule has 0 aliphatic rings. The van der Waals surface area contributed by atoms with E-state index < -0.39 is 0 Å². The standard InChI is InChI=1S/C12H11IN2O2/c1-8-3-4-9(13)10(7-8)17-12-14-6-5-11(15-12)16-2/h3-7H,1-2H3. The van der Waals surface area contributed by atoms with E-state index >= 15 is 0 Å². The summed E-state index contributed by atoms with van der Waals surface area (Å²) in [6.45, 7) is 2.01. The van der Waals surface area contributed by atoms with Gasteiger partial charge in [0.05, 0.1) is 10.7 Å². The Balaban J connectivity index is 2.27. The smallest absolute Gasteiger partial charge is 0.325 e.